The van der Waals surface area contributed by atoms with Gasteiger partial charge in [0.25, 0.3) is 11.8 Å². The quantitative estimate of drug-likeness (QED) is 0.835. The summed E-state index contributed by atoms with van der Waals surface area (Å²) in [4.78, 5) is 27.2. The fourth-order valence-corrected chi connectivity index (χ4v) is 2.20. The minimum absolute atomic E-state index is 0.0476. The highest BCUT2D eigenvalue weighted by molar-refractivity contribution is 6.32. The number of furan rings is 2. The first kappa shape index (κ1) is 16.5. The monoisotopic (exact) mass is 344 g/mol. The molecule has 0 unspecified atom stereocenters. The topological polar surface area (TPSA) is 66.9 Å². The Hall–Kier alpha value is -1.92. The summed E-state index contributed by atoms with van der Waals surface area (Å²) in [5, 5.41) is 0.0953. The molecule has 2 aromatic rings. The van der Waals surface area contributed by atoms with Crippen LogP contribution in [0.15, 0.2) is 33.5 Å². The van der Waals surface area contributed by atoms with Gasteiger partial charge in [-0.3, -0.25) is 9.59 Å². The zero-order chi connectivity index (χ0) is 16.3. The number of carbonyl (C=O) groups excluding carboxylic acids is 2. The molecular weight excluding hydrogens is 331 g/mol. The third-order valence-electron chi connectivity index (χ3n) is 3.16. The van der Waals surface area contributed by atoms with E-state index < -0.39 is 0 Å². The summed E-state index contributed by atoms with van der Waals surface area (Å²) in [5.41, 5.74) is 0.576. The zero-order valence-electron chi connectivity index (χ0n) is 12.0. The number of hydrogen-bond acceptors (Lipinski definition) is 4. The van der Waals surface area contributed by atoms with E-state index in [9.17, 15) is 9.59 Å². The molecule has 0 saturated carbocycles. The van der Waals surface area contributed by atoms with Gasteiger partial charge in [0.2, 0.25) is 10.4 Å². The standard InChI is InChI=1S/C14H14Cl2N2O4/c1-17(13(19)9-3-7-21-11(9)15)5-6-18(2)14(20)10-4-8-22-12(10)16/h3-4,7-8H,5-6H2,1-2H3. The van der Waals surface area contributed by atoms with Gasteiger partial charge in [0, 0.05) is 27.2 Å². The average molecular weight is 345 g/mol. The molecule has 0 aromatic carbocycles. The van der Waals surface area contributed by atoms with E-state index in [0.717, 1.165) is 0 Å². The van der Waals surface area contributed by atoms with Crippen LogP contribution >= 0.6 is 23.2 Å². The van der Waals surface area contributed by atoms with Crippen molar-refractivity contribution in [2.75, 3.05) is 27.2 Å². The van der Waals surface area contributed by atoms with Gasteiger partial charge in [0.1, 0.15) is 0 Å². The van der Waals surface area contributed by atoms with Crippen molar-refractivity contribution in [2.24, 2.45) is 0 Å². The van der Waals surface area contributed by atoms with Gasteiger partial charge < -0.3 is 18.6 Å². The van der Waals surface area contributed by atoms with Crippen molar-refractivity contribution in [3.63, 3.8) is 0 Å². The van der Waals surface area contributed by atoms with Gasteiger partial charge in [-0.15, -0.1) is 0 Å². The Morgan fingerprint density at radius 2 is 1.27 bits per heavy atom. The summed E-state index contributed by atoms with van der Waals surface area (Å²) in [6.45, 7) is 0.663. The Balaban J connectivity index is 1.92. The van der Waals surface area contributed by atoms with Crippen molar-refractivity contribution in [2.45, 2.75) is 0 Å². The molecular formula is C14H14Cl2N2O4. The number of hydrogen-bond donors (Lipinski definition) is 0. The van der Waals surface area contributed by atoms with Crippen molar-refractivity contribution in [1.82, 2.24) is 9.80 Å². The molecule has 0 N–H and O–H groups in total. The van der Waals surface area contributed by atoms with Crippen LogP contribution in [0.5, 0.6) is 0 Å². The molecule has 2 amide bonds. The lowest BCUT2D eigenvalue weighted by molar-refractivity contribution is 0.0718. The van der Waals surface area contributed by atoms with Crippen LogP contribution in [0.2, 0.25) is 10.4 Å². The maximum Gasteiger partial charge on any atom is 0.258 e. The summed E-state index contributed by atoms with van der Waals surface area (Å²) in [6, 6.07) is 3.00. The summed E-state index contributed by atoms with van der Waals surface area (Å²) in [6.07, 6.45) is 2.69. The molecule has 0 spiro atoms. The van der Waals surface area contributed by atoms with Crippen LogP contribution in [-0.2, 0) is 0 Å². The fourth-order valence-electron chi connectivity index (χ4n) is 1.81. The van der Waals surface area contributed by atoms with E-state index in [1.807, 2.05) is 0 Å². The van der Waals surface area contributed by atoms with Crippen molar-refractivity contribution in [3.8, 4) is 0 Å². The molecule has 0 saturated heterocycles. The third-order valence-corrected chi connectivity index (χ3v) is 3.75. The largest absolute Gasteiger partial charge is 0.452 e. The molecule has 6 nitrogen and oxygen atoms in total. The molecule has 0 atom stereocenters. The van der Waals surface area contributed by atoms with E-state index in [-0.39, 0.29) is 33.4 Å². The molecule has 0 aliphatic rings. The summed E-state index contributed by atoms with van der Waals surface area (Å²) >= 11 is 11.5. The second kappa shape index (κ2) is 6.89. The Morgan fingerprint density at radius 3 is 1.55 bits per heavy atom. The minimum Gasteiger partial charge on any atom is -0.452 e. The molecule has 0 bridgehead atoms. The molecule has 2 heterocycles. The predicted octanol–water partition coefficient (Wildman–Crippen LogP) is 3.02. The third kappa shape index (κ3) is 3.45. The maximum atomic E-state index is 12.1. The second-order valence-corrected chi connectivity index (χ2v) is 5.36. The van der Waals surface area contributed by atoms with E-state index in [1.165, 1.54) is 34.5 Å². The van der Waals surface area contributed by atoms with Gasteiger partial charge in [-0.1, -0.05) is 0 Å². The molecule has 118 valence electrons. The van der Waals surface area contributed by atoms with Gasteiger partial charge in [0.15, 0.2) is 0 Å². The highest BCUT2D eigenvalue weighted by atomic mass is 35.5. The highest BCUT2D eigenvalue weighted by Crippen LogP contribution is 2.19. The van der Waals surface area contributed by atoms with Crippen LogP contribution in [-0.4, -0.2) is 48.8 Å². The van der Waals surface area contributed by atoms with Gasteiger partial charge >= 0.3 is 0 Å². The molecule has 0 aliphatic carbocycles. The Bertz CT molecular complexity index is 622. The van der Waals surface area contributed by atoms with E-state index in [0.29, 0.717) is 13.1 Å². The van der Waals surface area contributed by atoms with Crippen LogP contribution in [0.25, 0.3) is 0 Å². The number of likely N-dealkylation sites (N-methyl/N-ethyl adjacent to an activating group) is 2. The normalized spacial score (nSPS) is 10.5. The summed E-state index contributed by atoms with van der Waals surface area (Å²) in [5.74, 6) is -0.554. The average Bonchev–Trinajstić information content (AvgIpc) is 3.11. The van der Waals surface area contributed by atoms with Crippen LogP contribution in [0.3, 0.4) is 0 Å². The van der Waals surface area contributed by atoms with Crippen LogP contribution in [0, 0.1) is 0 Å². The Morgan fingerprint density at radius 1 is 0.909 bits per heavy atom. The van der Waals surface area contributed by atoms with Crippen molar-refractivity contribution in [3.05, 3.63) is 46.2 Å². The first-order valence-electron chi connectivity index (χ1n) is 6.38. The lowest BCUT2D eigenvalue weighted by atomic mass is 10.3. The molecule has 0 radical (unpaired) electrons. The van der Waals surface area contributed by atoms with Crippen molar-refractivity contribution < 1.29 is 18.4 Å². The molecule has 8 heteroatoms. The van der Waals surface area contributed by atoms with Crippen LogP contribution in [0.1, 0.15) is 20.7 Å². The number of carbonyl (C=O) groups is 2. The van der Waals surface area contributed by atoms with E-state index in [2.05, 4.69) is 0 Å². The predicted molar refractivity (Wildman–Crippen MR) is 81.4 cm³/mol. The first-order valence-corrected chi connectivity index (χ1v) is 7.14. The Labute approximate surface area is 137 Å². The molecule has 22 heavy (non-hydrogen) atoms. The lowest BCUT2D eigenvalue weighted by Crippen LogP contribution is -2.37. The summed E-state index contributed by atoms with van der Waals surface area (Å²) in [7, 11) is 3.24. The number of rotatable bonds is 5. The van der Waals surface area contributed by atoms with Crippen molar-refractivity contribution in [1.29, 1.82) is 0 Å². The van der Waals surface area contributed by atoms with E-state index in [1.54, 1.807) is 14.1 Å². The minimum atomic E-state index is -0.277. The fraction of sp³-hybridized carbons (Fsp3) is 0.286. The Kier molecular flexibility index (Phi) is 5.15. The molecule has 0 fully saturated rings. The smallest absolute Gasteiger partial charge is 0.258 e. The molecule has 2 aromatic heterocycles. The SMILES string of the molecule is CN(CCN(C)C(=O)c1ccoc1Cl)C(=O)c1ccoc1Cl. The highest BCUT2D eigenvalue weighted by Gasteiger charge is 2.20. The van der Waals surface area contributed by atoms with Gasteiger partial charge in [-0.2, -0.15) is 0 Å². The lowest BCUT2D eigenvalue weighted by Gasteiger charge is -2.22. The van der Waals surface area contributed by atoms with Crippen LogP contribution in [0.4, 0.5) is 0 Å². The number of nitrogens with zero attached hydrogens (tertiary/aromatic N) is 2. The van der Waals surface area contributed by atoms with Gasteiger partial charge in [-0.25, -0.2) is 0 Å². The molecule has 2 rings (SSSR count). The number of amides is 2. The van der Waals surface area contributed by atoms with Gasteiger partial charge in [-0.05, 0) is 35.3 Å². The van der Waals surface area contributed by atoms with E-state index >= 15 is 0 Å². The zero-order valence-corrected chi connectivity index (χ0v) is 13.5. The molecule has 0 aliphatic heterocycles. The number of halogens is 2. The van der Waals surface area contributed by atoms with Crippen LogP contribution < -0.4 is 0 Å². The van der Waals surface area contributed by atoms with Gasteiger partial charge in [0.05, 0.1) is 23.7 Å². The van der Waals surface area contributed by atoms with Crippen molar-refractivity contribution >= 4 is 35.0 Å². The first-order chi connectivity index (χ1) is 10.4. The maximum absolute atomic E-state index is 12.1. The summed E-state index contributed by atoms with van der Waals surface area (Å²) < 4.78 is 9.78. The van der Waals surface area contributed by atoms with E-state index in [4.69, 9.17) is 32.0 Å². The second-order valence-electron chi connectivity index (χ2n) is 4.67.